The molecule has 1 aromatic rings. The van der Waals surface area contributed by atoms with Crippen molar-refractivity contribution >= 4 is 0 Å². The van der Waals surface area contributed by atoms with E-state index in [1.54, 1.807) is 6.08 Å². The second-order valence-corrected chi connectivity index (χ2v) is 2.99. The largest absolute Gasteiger partial charge is 0.330 e. The molecule has 0 aromatic heterocycles. The molecule has 1 aromatic carbocycles. The lowest BCUT2D eigenvalue weighted by molar-refractivity contribution is 0.589. The summed E-state index contributed by atoms with van der Waals surface area (Å²) in [5.41, 5.74) is 5.65. The highest BCUT2D eigenvalue weighted by molar-refractivity contribution is 5.21. The van der Waals surface area contributed by atoms with Gasteiger partial charge in [0.15, 0.2) is 0 Å². The molecule has 0 bridgehead atoms. The Balaban J connectivity index is 2.62. The van der Waals surface area contributed by atoms with Crippen LogP contribution in [0, 0.1) is 11.6 Å². The van der Waals surface area contributed by atoms with E-state index in [0.29, 0.717) is 18.5 Å². The van der Waals surface area contributed by atoms with Crippen LogP contribution in [-0.2, 0) is 6.42 Å². The molecule has 0 saturated heterocycles. The molecule has 0 atom stereocenters. The summed E-state index contributed by atoms with van der Waals surface area (Å²) in [6.07, 6.45) is 4.83. The molecular formula is C11H13F2N. The molecule has 0 spiro atoms. The van der Waals surface area contributed by atoms with Gasteiger partial charge in [0.2, 0.25) is 0 Å². The van der Waals surface area contributed by atoms with Crippen molar-refractivity contribution in [2.75, 3.05) is 6.54 Å². The number of hydrogen-bond donors (Lipinski definition) is 1. The number of hydrogen-bond acceptors (Lipinski definition) is 1. The van der Waals surface area contributed by atoms with Gasteiger partial charge in [0.05, 0.1) is 0 Å². The molecule has 14 heavy (non-hydrogen) atoms. The highest BCUT2D eigenvalue weighted by Crippen LogP contribution is 2.10. The lowest BCUT2D eigenvalue weighted by Crippen LogP contribution is -1.95. The van der Waals surface area contributed by atoms with Gasteiger partial charge in [-0.05, 0) is 43.1 Å². The van der Waals surface area contributed by atoms with E-state index in [0.717, 1.165) is 18.6 Å². The minimum absolute atomic E-state index is 0.371. The summed E-state index contributed by atoms with van der Waals surface area (Å²) in [6, 6.07) is 3.46. The van der Waals surface area contributed by atoms with Crippen molar-refractivity contribution < 1.29 is 8.78 Å². The van der Waals surface area contributed by atoms with Crippen LogP contribution >= 0.6 is 0 Å². The first-order valence-electron chi connectivity index (χ1n) is 4.53. The fourth-order valence-corrected chi connectivity index (χ4v) is 1.12. The van der Waals surface area contributed by atoms with Crippen molar-refractivity contribution in [2.24, 2.45) is 5.73 Å². The zero-order valence-electron chi connectivity index (χ0n) is 7.84. The van der Waals surface area contributed by atoms with Gasteiger partial charge in [-0.3, -0.25) is 0 Å². The monoisotopic (exact) mass is 197 g/mol. The van der Waals surface area contributed by atoms with E-state index in [2.05, 4.69) is 0 Å². The SMILES string of the molecule is NCCC=CCc1cc(F)ccc1F. The van der Waals surface area contributed by atoms with Crippen molar-refractivity contribution in [1.29, 1.82) is 0 Å². The van der Waals surface area contributed by atoms with Crippen molar-refractivity contribution in [3.63, 3.8) is 0 Å². The lowest BCUT2D eigenvalue weighted by Gasteiger charge is -1.98. The average molecular weight is 197 g/mol. The van der Waals surface area contributed by atoms with E-state index in [1.807, 2.05) is 6.08 Å². The van der Waals surface area contributed by atoms with E-state index >= 15 is 0 Å². The maximum atomic E-state index is 13.1. The van der Waals surface area contributed by atoms with Gasteiger partial charge < -0.3 is 5.73 Å². The van der Waals surface area contributed by atoms with Crippen LogP contribution in [0.5, 0.6) is 0 Å². The predicted octanol–water partition coefficient (Wildman–Crippen LogP) is 2.41. The molecule has 3 heteroatoms. The summed E-state index contributed by atoms with van der Waals surface area (Å²) in [7, 11) is 0. The molecule has 0 amide bonds. The standard InChI is InChI=1S/C11H13F2N/c12-10-5-6-11(13)9(8-10)4-2-1-3-7-14/h1-2,5-6,8H,3-4,7,14H2. The number of rotatable bonds is 4. The van der Waals surface area contributed by atoms with Crippen LogP contribution in [0.4, 0.5) is 8.78 Å². The van der Waals surface area contributed by atoms with E-state index < -0.39 is 5.82 Å². The maximum Gasteiger partial charge on any atom is 0.126 e. The number of halogens is 2. The summed E-state index contributed by atoms with van der Waals surface area (Å²) in [4.78, 5) is 0. The molecular weight excluding hydrogens is 184 g/mol. The van der Waals surface area contributed by atoms with Gasteiger partial charge in [-0.1, -0.05) is 12.2 Å². The van der Waals surface area contributed by atoms with Gasteiger partial charge >= 0.3 is 0 Å². The van der Waals surface area contributed by atoms with Crippen molar-refractivity contribution in [2.45, 2.75) is 12.8 Å². The number of nitrogens with two attached hydrogens (primary N) is 1. The first kappa shape index (κ1) is 10.9. The molecule has 0 fully saturated rings. The molecule has 1 rings (SSSR count). The Bertz CT molecular complexity index is 321. The Morgan fingerprint density at radius 3 is 2.71 bits per heavy atom. The second-order valence-electron chi connectivity index (χ2n) is 2.99. The minimum atomic E-state index is -0.409. The molecule has 1 nitrogen and oxygen atoms in total. The molecule has 76 valence electrons. The summed E-state index contributed by atoms with van der Waals surface area (Å²) in [5, 5.41) is 0. The Hall–Kier alpha value is -1.22. The molecule has 0 heterocycles. The van der Waals surface area contributed by atoms with Gasteiger partial charge in [-0.15, -0.1) is 0 Å². The van der Waals surface area contributed by atoms with Crippen molar-refractivity contribution in [3.05, 3.63) is 47.5 Å². The van der Waals surface area contributed by atoms with E-state index in [4.69, 9.17) is 5.73 Å². The molecule has 0 aliphatic heterocycles. The van der Waals surface area contributed by atoms with E-state index in [9.17, 15) is 8.78 Å². The highest BCUT2D eigenvalue weighted by Gasteiger charge is 2.00. The molecule has 0 aliphatic carbocycles. The summed E-state index contributed by atoms with van der Waals surface area (Å²) >= 11 is 0. The van der Waals surface area contributed by atoms with Crippen LogP contribution < -0.4 is 5.73 Å². The fourth-order valence-electron chi connectivity index (χ4n) is 1.12. The normalized spacial score (nSPS) is 11.1. The van der Waals surface area contributed by atoms with E-state index in [-0.39, 0.29) is 5.82 Å². The summed E-state index contributed by atoms with van der Waals surface area (Å²) in [6.45, 7) is 0.572. The first-order chi connectivity index (χ1) is 6.74. The Morgan fingerprint density at radius 1 is 1.21 bits per heavy atom. The Kier molecular flexibility index (Phi) is 4.26. The fraction of sp³-hybridized carbons (Fsp3) is 0.273. The van der Waals surface area contributed by atoms with Crippen LogP contribution in [0.1, 0.15) is 12.0 Å². The topological polar surface area (TPSA) is 26.0 Å². The molecule has 0 aliphatic rings. The third-order valence-electron chi connectivity index (χ3n) is 1.85. The van der Waals surface area contributed by atoms with Gasteiger partial charge in [-0.2, -0.15) is 0 Å². The van der Waals surface area contributed by atoms with Crippen molar-refractivity contribution in [1.82, 2.24) is 0 Å². The first-order valence-corrected chi connectivity index (χ1v) is 4.53. The molecule has 0 unspecified atom stereocenters. The van der Waals surface area contributed by atoms with Crippen LogP contribution in [0.25, 0.3) is 0 Å². The summed E-state index contributed by atoms with van der Waals surface area (Å²) < 4.78 is 25.8. The number of benzene rings is 1. The molecule has 0 radical (unpaired) electrons. The van der Waals surface area contributed by atoms with E-state index in [1.165, 1.54) is 6.07 Å². The maximum absolute atomic E-state index is 13.1. The number of allylic oxidation sites excluding steroid dienone is 1. The van der Waals surface area contributed by atoms with Crippen molar-refractivity contribution in [3.8, 4) is 0 Å². The Labute approximate surface area is 82.2 Å². The van der Waals surface area contributed by atoms with Gasteiger partial charge in [-0.25, -0.2) is 8.78 Å². The summed E-state index contributed by atoms with van der Waals surface area (Å²) in [5.74, 6) is -0.780. The highest BCUT2D eigenvalue weighted by atomic mass is 19.1. The smallest absolute Gasteiger partial charge is 0.126 e. The second kappa shape index (κ2) is 5.50. The minimum Gasteiger partial charge on any atom is -0.330 e. The third kappa shape index (κ3) is 3.26. The molecule has 0 saturated carbocycles. The van der Waals surface area contributed by atoms with Crippen LogP contribution in [0.3, 0.4) is 0 Å². The average Bonchev–Trinajstić information content (AvgIpc) is 2.18. The zero-order valence-corrected chi connectivity index (χ0v) is 7.84. The van der Waals surface area contributed by atoms with Crippen LogP contribution in [0.2, 0.25) is 0 Å². The lowest BCUT2D eigenvalue weighted by atomic mass is 10.1. The Morgan fingerprint density at radius 2 is 2.00 bits per heavy atom. The quantitative estimate of drug-likeness (QED) is 0.737. The zero-order chi connectivity index (χ0) is 10.4. The van der Waals surface area contributed by atoms with Gasteiger partial charge in [0, 0.05) is 0 Å². The van der Waals surface area contributed by atoms with Crippen LogP contribution in [-0.4, -0.2) is 6.54 Å². The predicted molar refractivity (Wildman–Crippen MR) is 52.9 cm³/mol. The molecule has 2 N–H and O–H groups in total. The van der Waals surface area contributed by atoms with Gasteiger partial charge in [0.1, 0.15) is 11.6 Å². The van der Waals surface area contributed by atoms with Gasteiger partial charge in [0.25, 0.3) is 0 Å². The van der Waals surface area contributed by atoms with Crippen LogP contribution in [0.15, 0.2) is 30.4 Å². The third-order valence-corrected chi connectivity index (χ3v) is 1.85.